The molecule has 0 aromatic carbocycles. The number of carbonyl (C=O) groups is 1. The zero-order valence-corrected chi connectivity index (χ0v) is 13.1. The molecule has 0 spiro atoms. The van der Waals surface area contributed by atoms with Crippen LogP contribution in [0.25, 0.3) is 0 Å². The lowest BCUT2D eigenvalue weighted by atomic mass is 10.1. The lowest BCUT2D eigenvalue weighted by molar-refractivity contribution is -0.159. The van der Waals surface area contributed by atoms with E-state index in [1.54, 1.807) is 5.41 Å². The normalized spacial score (nSPS) is 33.0. The van der Waals surface area contributed by atoms with Crippen molar-refractivity contribution in [3.63, 3.8) is 0 Å². The van der Waals surface area contributed by atoms with E-state index >= 15 is 0 Å². The standard InChI is InChI=1S/C14H20ClFO2S/c1-14(2,3)18-13(17)9-4-5-11(6-9)19-8-10(16)7-12(19)15/h7-9,11,19H,4-6H2,1-3H3. The highest BCUT2D eigenvalue weighted by Crippen LogP contribution is 2.55. The fourth-order valence-corrected chi connectivity index (χ4v) is 5.38. The molecule has 19 heavy (non-hydrogen) atoms. The van der Waals surface area contributed by atoms with E-state index in [-0.39, 0.29) is 17.7 Å². The highest BCUT2D eigenvalue weighted by atomic mass is 35.5. The largest absolute Gasteiger partial charge is 0.460 e. The van der Waals surface area contributed by atoms with Gasteiger partial charge in [0.1, 0.15) is 11.4 Å². The van der Waals surface area contributed by atoms with Crippen LogP contribution < -0.4 is 0 Å². The molecule has 1 fully saturated rings. The molecule has 5 heteroatoms. The van der Waals surface area contributed by atoms with Gasteiger partial charge in [-0.3, -0.25) is 4.79 Å². The van der Waals surface area contributed by atoms with E-state index in [0.29, 0.717) is 9.61 Å². The molecule has 2 nitrogen and oxygen atoms in total. The summed E-state index contributed by atoms with van der Waals surface area (Å²) in [5.41, 5.74) is -0.447. The number of carbonyl (C=O) groups excluding carboxylic acids is 1. The summed E-state index contributed by atoms with van der Waals surface area (Å²) in [7, 11) is -0.750. The monoisotopic (exact) mass is 306 g/mol. The highest BCUT2D eigenvalue weighted by Gasteiger charge is 2.36. The molecule has 0 amide bonds. The van der Waals surface area contributed by atoms with E-state index in [0.717, 1.165) is 19.3 Å². The van der Waals surface area contributed by atoms with Crippen molar-refractivity contribution < 1.29 is 13.9 Å². The zero-order valence-electron chi connectivity index (χ0n) is 11.5. The van der Waals surface area contributed by atoms with Gasteiger partial charge in [0.25, 0.3) is 0 Å². The Kier molecular flexibility index (Phi) is 4.31. The zero-order chi connectivity index (χ0) is 14.2. The SMILES string of the molecule is CC(C)(C)OC(=O)C1CCC([SH]2C=C(F)C=C2Cl)C1. The fraction of sp³-hybridized carbons (Fsp3) is 0.643. The van der Waals surface area contributed by atoms with Crippen LogP contribution in [0.5, 0.6) is 0 Å². The number of esters is 1. The average molecular weight is 307 g/mol. The molecule has 2 aliphatic rings. The predicted molar refractivity (Wildman–Crippen MR) is 79.1 cm³/mol. The molecule has 3 atom stereocenters. The lowest BCUT2D eigenvalue weighted by Gasteiger charge is -2.23. The molecule has 0 N–H and O–H groups in total. The van der Waals surface area contributed by atoms with Gasteiger partial charge in [-0.15, -0.1) is 0 Å². The van der Waals surface area contributed by atoms with Crippen LogP contribution in [0.4, 0.5) is 4.39 Å². The van der Waals surface area contributed by atoms with E-state index in [1.807, 2.05) is 20.8 Å². The maximum absolute atomic E-state index is 13.2. The minimum absolute atomic E-state index is 0.0618. The number of hydrogen-bond acceptors (Lipinski definition) is 2. The first-order valence-electron chi connectivity index (χ1n) is 6.52. The second-order valence-corrected chi connectivity index (χ2v) is 9.04. The Morgan fingerprint density at radius 3 is 2.68 bits per heavy atom. The van der Waals surface area contributed by atoms with Crippen molar-refractivity contribution in [2.24, 2.45) is 5.92 Å². The summed E-state index contributed by atoms with van der Waals surface area (Å²) in [5.74, 6) is -0.432. The third-order valence-electron chi connectivity index (χ3n) is 3.30. The Bertz CT molecular complexity index is 439. The molecule has 108 valence electrons. The number of hydrogen-bond donors (Lipinski definition) is 1. The van der Waals surface area contributed by atoms with Gasteiger partial charge in [-0.1, -0.05) is 11.6 Å². The van der Waals surface area contributed by atoms with E-state index < -0.39 is 16.5 Å². The van der Waals surface area contributed by atoms with Gasteiger partial charge in [0.05, 0.1) is 10.3 Å². The van der Waals surface area contributed by atoms with Gasteiger partial charge in [-0.05, 0) is 56.8 Å². The van der Waals surface area contributed by atoms with Gasteiger partial charge in [-0.2, -0.15) is 10.9 Å². The number of ether oxygens (including phenoxy) is 1. The molecule has 1 aliphatic carbocycles. The third-order valence-corrected chi connectivity index (χ3v) is 6.40. The molecule has 1 saturated carbocycles. The van der Waals surface area contributed by atoms with Crippen LogP contribution >= 0.6 is 22.5 Å². The molecule has 0 aromatic rings. The van der Waals surface area contributed by atoms with Gasteiger partial charge in [0.15, 0.2) is 0 Å². The van der Waals surface area contributed by atoms with Gasteiger partial charge in [-0.25, -0.2) is 4.39 Å². The molecule has 3 unspecified atom stereocenters. The maximum Gasteiger partial charge on any atom is 0.309 e. The molecule has 2 rings (SSSR count). The van der Waals surface area contributed by atoms with Crippen LogP contribution in [0.15, 0.2) is 21.7 Å². The van der Waals surface area contributed by atoms with Crippen molar-refractivity contribution in [3.8, 4) is 0 Å². The Morgan fingerprint density at radius 2 is 2.16 bits per heavy atom. The van der Waals surface area contributed by atoms with Crippen molar-refractivity contribution in [1.29, 1.82) is 0 Å². The first-order valence-corrected chi connectivity index (χ1v) is 8.38. The summed E-state index contributed by atoms with van der Waals surface area (Å²) in [4.78, 5) is 12.0. The Balaban J connectivity index is 1.94. The van der Waals surface area contributed by atoms with Crippen molar-refractivity contribution in [2.45, 2.75) is 50.9 Å². The summed E-state index contributed by atoms with van der Waals surface area (Å²) in [6, 6.07) is 0. The summed E-state index contributed by atoms with van der Waals surface area (Å²) < 4.78 is 19.2. The van der Waals surface area contributed by atoms with Crippen LogP contribution in [-0.4, -0.2) is 16.8 Å². The summed E-state index contributed by atoms with van der Waals surface area (Å²) in [5, 5.41) is 1.93. The summed E-state index contributed by atoms with van der Waals surface area (Å²) in [6.45, 7) is 5.61. The highest BCUT2D eigenvalue weighted by molar-refractivity contribution is 8.24. The van der Waals surface area contributed by atoms with Crippen molar-refractivity contribution >= 4 is 28.5 Å². The van der Waals surface area contributed by atoms with Crippen molar-refractivity contribution in [3.05, 3.63) is 21.7 Å². The van der Waals surface area contributed by atoms with Crippen LogP contribution in [0.3, 0.4) is 0 Å². The molecule has 1 aliphatic heterocycles. The molecule has 1 heterocycles. The molecular formula is C14H20ClFO2S. The van der Waals surface area contributed by atoms with Crippen LogP contribution in [-0.2, 0) is 9.53 Å². The fourth-order valence-electron chi connectivity index (χ4n) is 2.51. The lowest BCUT2D eigenvalue weighted by Crippen LogP contribution is -2.28. The Hall–Kier alpha value is -0.480. The minimum atomic E-state index is -0.750. The van der Waals surface area contributed by atoms with Gasteiger partial charge < -0.3 is 4.74 Å². The first kappa shape index (κ1) is 14.9. The second-order valence-electron chi connectivity index (χ2n) is 6.09. The summed E-state index contributed by atoms with van der Waals surface area (Å²) in [6.07, 6.45) is 3.89. The molecule has 0 aromatic heterocycles. The molecular weight excluding hydrogens is 287 g/mol. The van der Waals surface area contributed by atoms with Crippen molar-refractivity contribution in [1.82, 2.24) is 0 Å². The van der Waals surface area contributed by atoms with Crippen LogP contribution in [0.2, 0.25) is 0 Å². The van der Waals surface area contributed by atoms with Crippen molar-refractivity contribution in [2.75, 3.05) is 0 Å². The smallest absolute Gasteiger partial charge is 0.309 e. The Morgan fingerprint density at radius 1 is 1.47 bits per heavy atom. The molecule has 0 bridgehead atoms. The minimum Gasteiger partial charge on any atom is -0.460 e. The number of halogens is 2. The quantitative estimate of drug-likeness (QED) is 0.604. The first-order chi connectivity index (χ1) is 8.76. The topological polar surface area (TPSA) is 26.3 Å². The molecule has 0 saturated heterocycles. The van der Waals surface area contributed by atoms with Gasteiger partial charge in [0.2, 0.25) is 0 Å². The average Bonchev–Trinajstić information content (AvgIpc) is 2.82. The Labute approximate surface area is 121 Å². The van der Waals surface area contributed by atoms with Crippen LogP contribution in [0.1, 0.15) is 40.0 Å². The van der Waals surface area contributed by atoms with E-state index in [1.165, 1.54) is 6.08 Å². The van der Waals surface area contributed by atoms with Gasteiger partial charge >= 0.3 is 5.97 Å². The van der Waals surface area contributed by atoms with E-state index in [4.69, 9.17) is 16.3 Å². The number of rotatable bonds is 2. The predicted octanol–water partition coefficient (Wildman–Crippen LogP) is 4.40. The second kappa shape index (κ2) is 5.49. The number of thiol groups is 1. The molecule has 0 radical (unpaired) electrons. The summed E-state index contributed by atoms with van der Waals surface area (Å²) >= 11 is 6.07. The van der Waals surface area contributed by atoms with Crippen LogP contribution in [0, 0.1) is 5.92 Å². The van der Waals surface area contributed by atoms with Gasteiger partial charge in [0, 0.05) is 0 Å². The maximum atomic E-state index is 13.2. The van der Waals surface area contributed by atoms with E-state index in [2.05, 4.69) is 0 Å². The van der Waals surface area contributed by atoms with E-state index in [9.17, 15) is 9.18 Å². The number of allylic oxidation sites excluding steroid dienone is 2. The third kappa shape index (κ3) is 3.76.